The Labute approximate surface area is 123 Å². The van der Waals surface area contributed by atoms with Crippen molar-refractivity contribution < 1.29 is 20.3 Å². The molecule has 1 heterocycles. The van der Waals surface area contributed by atoms with Gasteiger partial charge in [0.25, 0.3) is 0 Å². The van der Waals surface area contributed by atoms with Gasteiger partial charge in [-0.2, -0.15) is 10.1 Å². The van der Waals surface area contributed by atoms with Crippen molar-refractivity contribution in [1.29, 1.82) is 0 Å². The lowest BCUT2D eigenvalue weighted by Gasteiger charge is -2.52. The second-order valence-corrected chi connectivity index (χ2v) is 6.76. The van der Waals surface area contributed by atoms with Gasteiger partial charge in [0.15, 0.2) is 6.04 Å². The number of rotatable bonds is 2. The molecular formula is C11H24N7O3+. The second kappa shape index (κ2) is 4.89. The molecule has 3 rings (SSSR count). The molecule has 0 spiro atoms. The molecule has 0 aromatic heterocycles. The largest absolute Gasteiger partial charge is 0.609 e. The van der Waals surface area contributed by atoms with Gasteiger partial charge in [0, 0.05) is 29.3 Å². The number of hydrogen-bond donors (Lipinski definition) is 4. The van der Waals surface area contributed by atoms with Gasteiger partial charge in [0.2, 0.25) is 0 Å². The molecule has 0 aromatic carbocycles. The molecule has 1 saturated heterocycles. The molecule has 9 unspecified atom stereocenters. The minimum atomic E-state index is -0.674. The van der Waals surface area contributed by atoms with Crippen molar-refractivity contribution in [3.63, 3.8) is 0 Å². The molecule has 2 saturated carbocycles. The first-order valence-corrected chi connectivity index (χ1v) is 7.30. The van der Waals surface area contributed by atoms with Crippen LogP contribution < -0.4 is 15.7 Å². The first-order valence-electron chi connectivity index (χ1n) is 7.30. The molecular weight excluding hydrogens is 278 g/mol. The lowest BCUT2D eigenvalue weighted by Crippen LogP contribution is -3.25. The van der Waals surface area contributed by atoms with E-state index in [9.17, 15) is 15.3 Å². The van der Waals surface area contributed by atoms with Crippen LogP contribution in [0.3, 0.4) is 0 Å². The van der Waals surface area contributed by atoms with Crippen molar-refractivity contribution in [2.45, 2.75) is 37.0 Å². The minimum Gasteiger partial charge on any atom is -0.609 e. The Morgan fingerprint density at radius 2 is 2.24 bits per heavy atom. The van der Waals surface area contributed by atoms with Crippen LogP contribution in [0.15, 0.2) is 5.18 Å². The summed E-state index contributed by atoms with van der Waals surface area (Å²) in [6.07, 6.45) is 1.46. The summed E-state index contributed by atoms with van der Waals surface area (Å²) < 4.78 is 0. The second-order valence-electron chi connectivity index (χ2n) is 6.76. The topological polar surface area (TPSA) is 121 Å². The van der Waals surface area contributed by atoms with Crippen LogP contribution in [0, 0.1) is 22.0 Å². The van der Waals surface area contributed by atoms with E-state index < -0.39 is 10.9 Å². The zero-order chi connectivity index (χ0) is 15.5. The van der Waals surface area contributed by atoms with Crippen LogP contribution in [0.1, 0.15) is 12.8 Å². The van der Waals surface area contributed by atoms with Crippen LogP contribution in [0.4, 0.5) is 0 Å². The van der Waals surface area contributed by atoms with Crippen LogP contribution >= 0.6 is 0 Å². The number of nitroso groups, excluding NO2 is 1. The molecule has 10 nitrogen and oxygen atoms in total. The van der Waals surface area contributed by atoms with Crippen LogP contribution in [-0.2, 0) is 0 Å². The predicted octanol–water partition coefficient (Wildman–Crippen LogP) is -2.75. The fourth-order valence-corrected chi connectivity index (χ4v) is 4.68. The van der Waals surface area contributed by atoms with E-state index in [0.717, 1.165) is 6.42 Å². The van der Waals surface area contributed by atoms with Gasteiger partial charge in [0.05, 0.1) is 7.05 Å². The average molecular weight is 302 g/mol. The monoisotopic (exact) mass is 302 g/mol. The third-order valence-electron chi connectivity index (χ3n) is 5.65. The minimum absolute atomic E-state index is 0.133. The molecule has 0 aromatic rings. The fourth-order valence-electron chi connectivity index (χ4n) is 4.68. The van der Waals surface area contributed by atoms with Gasteiger partial charge in [-0.05, 0) is 12.8 Å². The molecule has 5 N–H and O–H groups in total. The smallest absolute Gasteiger partial charge is 0.152 e. The van der Waals surface area contributed by atoms with Crippen molar-refractivity contribution in [2.75, 3.05) is 21.1 Å². The van der Waals surface area contributed by atoms with E-state index in [1.807, 2.05) is 0 Å². The van der Waals surface area contributed by atoms with Crippen molar-refractivity contribution in [3.8, 4) is 0 Å². The molecule has 2 bridgehead atoms. The Morgan fingerprint density at radius 3 is 2.81 bits per heavy atom. The number of hydrogen-bond acceptors (Lipinski definition) is 6. The summed E-state index contributed by atoms with van der Waals surface area (Å²) in [4.78, 5) is 10.6. The third kappa shape index (κ3) is 2.11. The molecule has 0 radical (unpaired) electrons. The average Bonchev–Trinajstić information content (AvgIpc) is 2.67. The van der Waals surface area contributed by atoms with E-state index in [-0.39, 0.29) is 35.1 Å². The first-order chi connectivity index (χ1) is 9.77. The zero-order valence-corrected chi connectivity index (χ0v) is 12.5. The van der Waals surface area contributed by atoms with E-state index in [1.54, 1.807) is 19.1 Å². The van der Waals surface area contributed by atoms with Gasteiger partial charge in [0.1, 0.15) is 25.2 Å². The molecule has 1 aliphatic heterocycles. The Kier molecular flexibility index (Phi) is 3.54. The van der Waals surface area contributed by atoms with E-state index >= 15 is 0 Å². The highest BCUT2D eigenvalue weighted by Gasteiger charge is 2.64. The highest BCUT2D eigenvalue weighted by atomic mass is 16.7. The van der Waals surface area contributed by atoms with Gasteiger partial charge in [-0.15, -0.1) is 0 Å². The summed E-state index contributed by atoms with van der Waals surface area (Å²) in [6.45, 7) is 0. The van der Waals surface area contributed by atoms with Crippen molar-refractivity contribution in [2.24, 2.45) is 17.0 Å². The normalized spacial score (nSPS) is 55.0. The van der Waals surface area contributed by atoms with Crippen LogP contribution in [0.5, 0.6) is 0 Å². The van der Waals surface area contributed by atoms with Crippen LogP contribution in [-0.4, -0.2) is 60.4 Å². The molecule has 9 atom stereocenters. The number of hydroxylamine groups is 2. The number of fused-ring (bicyclic) bond motifs is 4. The lowest BCUT2D eigenvalue weighted by atomic mass is 9.80. The predicted molar refractivity (Wildman–Crippen MR) is 71.6 cm³/mol. The van der Waals surface area contributed by atoms with Gasteiger partial charge in [-0.1, -0.05) is 10.2 Å². The first kappa shape index (κ1) is 15.2. The molecule has 2 aliphatic carbocycles. The van der Waals surface area contributed by atoms with Crippen LogP contribution in [0.25, 0.3) is 5.84 Å². The zero-order valence-electron chi connectivity index (χ0n) is 12.5. The summed E-state index contributed by atoms with van der Waals surface area (Å²) in [5.41, 5.74) is 2.56. The number of likely N-dealkylation sites (N-methyl/N-ethyl adjacent to an activating group) is 2. The molecule has 3 fully saturated rings. The van der Waals surface area contributed by atoms with Crippen molar-refractivity contribution >= 4 is 0 Å². The Bertz CT molecular complexity index is 434. The highest BCUT2D eigenvalue weighted by Crippen LogP contribution is 2.44. The van der Waals surface area contributed by atoms with Gasteiger partial charge in [-0.25, -0.2) is 5.17 Å². The van der Waals surface area contributed by atoms with Gasteiger partial charge >= 0.3 is 0 Å². The van der Waals surface area contributed by atoms with E-state index in [1.165, 1.54) is 7.05 Å². The summed E-state index contributed by atoms with van der Waals surface area (Å²) >= 11 is 0. The SMILES string of the molecule is CN1C2CC3CC(C(N=O)C3[NH+](C)[NH-])C2[NH+]([O-])N[N+]1(C)O. The summed E-state index contributed by atoms with van der Waals surface area (Å²) in [6, 6.07) is -1.16. The van der Waals surface area contributed by atoms with E-state index in [0.29, 0.717) is 11.4 Å². The third-order valence-corrected chi connectivity index (χ3v) is 5.65. The maximum atomic E-state index is 12.4. The molecule has 21 heavy (non-hydrogen) atoms. The van der Waals surface area contributed by atoms with Gasteiger partial charge < -0.3 is 16.1 Å². The standard InChI is InChI=1S/C11H24N7O3/c1-15(12)10-6-4-7(9(10)13-19)11-8(5-6)16(2)18(3,21)14-17(11)20/h6-12,14-15,17,21H,4-5H2,1-3H3/q+1. The number of quaternary nitrogens is 3. The summed E-state index contributed by atoms with van der Waals surface area (Å²) in [5.74, 6) is 8.00. The van der Waals surface area contributed by atoms with Crippen LogP contribution in [0.2, 0.25) is 0 Å². The van der Waals surface area contributed by atoms with E-state index in [4.69, 9.17) is 5.84 Å². The maximum Gasteiger partial charge on any atom is 0.152 e. The maximum absolute atomic E-state index is 12.4. The van der Waals surface area contributed by atoms with E-state index in [2.05, 4.69) is 10.7 Å². The summed E-state index contributed by atoms with van der Waals surface area (Å²) in [7, 11) is 4.97. The molecule has 120 valence electrons. The quantitative estimate of drug-likeness (QED) is 0.191. The molecule has 10 heteroatoms. The molecule has 0 amide bonds. The lowest BCUT2D eigenvalue weighted by molar-refractivity contribution is -1.31. The van der Waals surface area contributed by atoms with Gasteiger partial charge in [-0.3, -0.25) is 0 Å². The Balaban J connectivity index is 1.95. The van der Waals surface area contributed by atoms with Crippen molar-refractivity contribution in [3.05, 3.63) is 16.0 Å². The molecule has 3 aliphatic rings. The van der Waals surface area contributed by atoms with Crippen molar-refractivity contribution in [1.82, 2.24) is 10.5 Å². The fraction of sp³-hybridized carbons (Fsp3) is 1.00. The number of nitrogens with one attached hydrogen (secondary N) is 4. The Morgan fingerprint density at radius 1 is 1.57 bits per heavy atom. The highest BCUT2D eigenvalue weighted by molar-refractivity contribution is 5.06. The summed E-state index contributed by atoms with van der Waals surface area (Å²) in [5, 5.41) is 27.9. The Hall–Kier alpha value is -0.720. The number of nitrogens with zero attached hydrogens (tertiary/aromatic N) is 3.